The van der Waals surface area contributed by atoms with Crippen molar-refractivity contribution in [2.45, 2.75) is 25.8 Å². The number of aromatic nitrogens is 1. The van der Waals surface area contributed by atoms with Crippen molar-refractivity contribution >= 4 is 10.9 Å². The van der Waals surface area contributed by atoms with E-state index >= 15 is 0 Å². The van der Waals surface area contributed by atoms with Gasteiger partial charge in [0, 0.05) is 5.39 Å². The molecule has 0 bridgehead atoms. The SMILES string of the molecule is C=C(CC)CC(N)c1ccc2ccccc2n1. The van der Waals surface area contributed by atoms with E-state index in [-0.39, 0.29) is 6.04 Å². The van der Waals surface area contributed by atoms with Crippen LogP contribution in [0.4, 0.5) is 0 Å². The lowest BCUT2D eigenvalue weighted by Crippen LogP contribution is -2.12. The van der Waals surface area contributed by atoms with Crippen molar-refractivity contribution in [3.8, 4) is 0 Å². The van der Waals surface area contributed by atoms with Crippen LogP contribution in [0.15, 0.2) is 48.6 Å². The van der Waals surface area contributed by atoms with Gasteiger partial charge in [0.25, 0.3) is 0 Å². The highest BCUT2D eigenvalue weighted by atomic mass is 14.8. The molecule has 88 valence electrons. The third-order valence-electron chi connectivity index (χ3n) is 3.01. The van der Waals surface area contributed by atoms with E-state index in [0.29, 0.717) is 0 Å². The monoisotopic (exact) mass is 226 g/mol. The zero-order valence-corrected chi connectivity index (χ0v) is 10.2. The van der Waals surface area contributed by atoms with E-state index in [9.17, 15) is 0 Å². The molecule has 0 aliphatic heterocycles. The maximum atomic E-state index is 6.14. The van der Waals surface area contributed by atoms with E-state index in [4.69, 9.17) is 5.73 Å². The summed E-state index contributed by atoms with van der Waals surface area (Å²) >= 11 is 0. The van der Waals surface area contributed by atoms with Gasteiger partial charge in [-0.3, -0.25) is 4.98 Å². The Labute approximate surface area is 102 Å². The highest BCUT2D eigenvalue weighted by Crippen LogP contribution is 2.20. The molecule has 0 saturated carbocycles. The minimum absolute atomic E-state index is 0.0490. The van der Waals surface area contributed by atoms with Crippen LogP contribution in [-0.4, -0.2) is 4.98 Å². The molecular weight excluding hydrogens is 208 g/mol. The van der Waals surface area contributed by atoms with E-state index in [1.54, 1.807) is 0 Å². The van der Waals surface area contributed by atoms with Crippen molar-refractivity contribution in [2.75, 3.05) is 0 Å². The quantitative estimate of drug-likeness (QED) is 0.809. The Bertz CT molecular complexity index is 531. The summed E-state index contributed by atoms with van der Waals surface area (Å²) in [6, 6.07) is 12.1. The van der Waals surface area contributed by atoms with E-state index in [1.807, 2.05) is 24.3 Å². The highest BCUT2D eigenvalue weighted by Gasteiger charge is 2.09. The van der Waals surface area contributed by atoms with E-state index in [0.717, 1.165) is 29.4 Å². The number of hydrogen-bond acceptors (Lipinski definition) is 2. The molecule has 2 N–H and O–H groups in total. The Morgan fingerprint density at radius 1 is 1.29 bits per heavy atom. The van der Waals surface area contributed by atoms with E-state index < -0.39 is 0 Å². The van der Waals surface area contributed by atoms with Gasteiger partial charge in [-0.15, -0.1) is 0 Å². The Hall–Kier alpha value is -1.67. The topological polar surface area (TPSA) is 38.9 Å². The van der Waals surface area contributed by atoms with Gasteiger partial charge in [-0.05, 0) is 25.0 Å². The van der Waals surface area contributed by atoms with Crippen LogP contribution in [-0.2, 0) is 0 Å². The molecule has 0 amide bonds. The molecule has 2 heteroatoms. The lowest BCUT2D eigenvalue weighted by molar-refractivity contribution is 0.682. The molecule has 0 fully saturated rings. The predicted molar refractivity (Wildman–Crippen MR) is 72.7 cm³/mol. The van der Waals surface area contributed by atoms with Gasteiger partial charge < -0.3 is 5.73 Å². The van der Waals surface area contributed by atoms with Crippen molar-refractivity contribution in [1.29, 1.82) is 0 Å². The standard InChI is InChI=1S/C15H18N2/c1-3-11(2)10-13(16)15-9-8-12-6-4-5-7-14(12)17-15/h4-9,13H,2-3,10,16H2,1H3. The minimum Gasteiger partial charge on any atom is -0.322 e. The second kappa shape index (κ2) is 5.11. The Morgan fingerprint density at radius 3 is 2.82 bits per heavy atom. The first kappa shape index (κ1) is 11.8. The molecule has 1 atom stereocenters. The summed E-state index contributed by atoms with van der Waals surface area (Å²) < 4.78 is 0. The summed E-state index contributed by atoms with van der Waals surface area (Å²) in [6.07, 6.45) is 1.78. The summed E-state index contributed by atoms with van der Waals surface area (Å²) in [7, 11) is 0. The fourth-order valence-corrected chi connectivity index (χ4v) is 1.85. The molecule has 2 nitrogen and oxygen atoms in total. The summed E-state index contributed by atoms with van der Waals surface area (Å²) in [5, 5.41) is 1.15. The number of rotatable bonds is 4. The van der Waals surface area contributed by atoms with E-state index in [2.05, 4.69) is 30.6 Å². The molecule has 2 rings (SSSR count). The number of pyridine rings is 1. The summed E-state index contributed by atoms with van der Waals surface area (Å²) in [5.74, 6) is 0. The molecule has 0 aliphatic rings. The second-order valence-electron chi connectivity index (χ2n) is 4.34. The van der Waals surface area contributed by atoms with Gasteiger partial charge in [0.15, 0.2) is 0 Å². The molecule has 0 saturated heterocycles. The van der Waals surface area contributed by atoms with Crippen molar-refractivity contribution in [3.05, 3.63) is 54.2 Å². The summed E-state index contributed by atoms with van der Waals surface area (Å²) in [6.45, 7) is 6.09. The number of para-hydroxylation sites is 1. The molecule has 0 radical (unpaired) electrons. The van der Waals surface area contributed by atoms with Gasteiger partial charge in [-0.2, -0.15) is 0 Å². The van der Waals surface area contributed by atoms with Gasteiger partial charge in [0.1, 0.15) is 0 Å². The molecule has 2 aromatic rings. The third-order valence-corrected chi connectivity index (χ3v) is 3.01. The van der Waals surface area contributed by atoms with Crippen molar-refractivity contribution in [2.24, 2.45) is 5.73 Å². The normalized spacial score (nSPS) is 12.6. The van der Waals surface area contributed by atoms with Crippen LogP contribution in [0.1, 0.15) is 31.5 Å². The van der Waals surface area contributed by atoms with Crippen molar-refractivity contribution in [1.82, 2.24) is 4.98 Å². The lowest BCUT2D eigenvalue weighted by atomic mass is 10.0. The fraction of sp³-hybridized carbons (Fsp3) is 0.267. The maximum Gasteiger partial charge on any atom is 0.0706 e. The molecule has 1 unspecified atom stereocenters. The Morgan fingerprint density at radius 2 is 2.06 bits per heavy atom. The molecular formula is C15H18N2. The van der Waals surface area contributed by atoms with E-state index in [1.165, 1.54) is 5.57 Å². The summed E-state index contributed by atoms with van der Waals surface area (Å²) in [5.41, 5.74) is 9.26. The fourth-order valence-electron chi connectivity index (χ4n) is 1.85. The van der Waals surface area contributed by atoms with Gasteiger partial charge in [-0.25, -0.2) is 0 Å². The first-order valence-corrected chi connectivity index (χ1v) is 5.98. The van der Waals surface area contributed by atoms with Gasteiger partial charge in [0.05, 0.1) is 17.3 Å². The lowest BCUT2D eigenvalue weighted by Gasteiger charge is -2.12. The van der Waals surface area contributed by atoms with Gasteiger partial charge in [0.2, 0.25) is 0 Å². The van der Waals surface area contributed by atoms with Crippen molar-refractivity contribution < 1.29 is 0 Å². The van der Waals surface area contributed by atoms with Crippen LogP contribution in [0, 0.1) is 0 Å². The predicted octanol–water partition coefficient (Wildman–Crippen LogP) is 3.59. The Balaban J connectivity index is 2.26. The number of hydrogen-bond donors (Lipinski definition) is 1. The number of nitrogens with zero attached hydrogens (tertiary/aromatic N) is 1. The zero-order valence-electron chi connectivity index (χ0n) is 10.2. The van der Waals surface area contributed by atoms with Crippen LogP contribution >= 0.6 is 0 Å². The van der Waals surface area contributed by atoms with Crippen LogP contribution in [0.3, 0.4) is 0 Å². The first-order valence-electron chi connectivity index (χ1n) is 5.98. The largest absolute Gasteiger partial charge is 0.322 e. The molecule has 0 aliphatic carbocycles. The summed E-state index contributed by atoms with van der Waals surface area (Å²) in [4.78, 5) is 4.60. The Kier molecular flexibility index (Phi) is 3.55. The molecule has 0 spiro atoms. The van der Waals surface area contributed by atoms with Crippen LogP contribution < -0.4 is 5.73 Å². The van der Waals surface area contributed by atoms with Gasteiger partial charge in [-0.1, -0.05) is 43.3 Å². The molecule has 1 heterocycles. The average molecular weight is 226 g/mol. The van der Waals surface area contributed by atoms with Gasteiger partial charge >= 0.3 is 0 Å². The highest BCUT2D eigenvalue weighted by molar-refractivity contribution is 5.78. The number of benzene rings is 1. The van der Waals surface area contributed by atoms with Crippen LogP contribution in [0.5, 0.6) is 0 Å². The smallest absolute Gasteiger partial charge is 0.0706 e. The second-order valence-corrected chi connectivity index (χ2v) is 4.34. The molecule has 1 aromatic heterocycles. The molecule has 17 heavy (non-hydrogen) atoms. The minimum atomic E-state index is -0.0490. The number of nitrogens with two attached hydrogens (primary N) is 1. The third kappa shape index (κ3) is 2.71. The average Bonchev–Trinajstić information content (AvgIpc) is 2.38. The zero-order chi connectivity index (χ0) is 12.3. The van der Waals surface area contributed by atoms with Crippen LogP contribution in [0.25, 0.3) is 10.9 Å². The first-order chi connectivity index (χ1) is 8.20. The van der Waals surface area contributed by atoms with Crippen LogP contribution in [0.2, 0.25) is 0 Å². The number of fused-ring (bicyclic) bond motifs is 1. The van der Waals surface area contributed by atoms with Crippen molar-refractivity contribution in [3.63, 3.8) is 0 Å². The maximum absolute atomic E-state index is 6.14. The molecule has 1 aromatic carbocycles.